The molecule has 74 valence electrons. The molecule has 0 bridgehead atoms. The molecule has 0 aliphatic carbocycles. The minimum absolute atomic E-state index is 0.0974. The summed E-state index contributed by atoms with van der Waals surface area (Å²) in [4.78, 5) is 22.9. The van der Waals surface area contributed by atoms with Crippen LogP contribution in [0.25, 0.3) is 0 Å². The Bertz CT molecular complexity index is 366. The van der Waals surface area contributed by atoms with Gasteiger partial charge in [0.1, 0.15) is 0 Å². The van der Waals surface area contributed by atoms with Crippen LogP contribution in [0.4, 0.5) is 5.88 Å². The standard InChI is InChI=1S/C9H10N2O3/c10-9(13)6-3-11(4-6)8-2-1-7(5-12)14-8/h1-2,5-6H,3-4H2,(H2,10,13). The Labute approximate surface area is 80.5 Å². The highest BCUT2D eigenvalue weighted by atomic mass is 16.4. The van der Waals surface area contributed by atoms with Crippen LogP contribution in [-0.4, -0.2) is 25.3 Å². The molecule has 0 atom stereocenters. The van der Waals surface area contributed by atoms with Gasteiger partial charge in [-0.2, -0.15) is 0 Å². The molecule has 0 spiro atoms. The first-order chi connectivity index (χ1) is 6.70. The van der Waals surface area contributed by atoms with E-state index in [1.165, 1.54) is 0 Å². The molecular weight excluding hydrogens is 184 g/mol. The van der Waals surface area contributed by atoms with Crippen LogP contribution >= 0.6 is 0 Å². The summed E-state index contributed by atoms with van der Waals surface area (Å²) < 4.78 is 5.17. The van der Waals surface area contributed by atoms with Crippen molar-refractivity contribution in [2.24, 2.45) is 11.7 Å². The molecule has 0 radical (unpaired) electrons. The second-order valence-electron chi connectivity index (χ2n) is 3.30. The molecule has 0 aromatic carbocycles. The van der Waals surface area contributed by atoms with Gasteiger partial charge in [0.2, 0.25) is 5.91 Å². The average molecular weight is 194 g/mol. The topological polar surface area (TPSA) is 76.5 Å². The number of hydrogen-bond donors (Lipinski definition) is 1. The summed E-state index contributed by atoms with van der Waals surface area (Å²) in [5.41, 5.74) is 5.12. The molecule has 2 heterocycles. The summed E-state index contributed by atoms with van der Waals surface area (Å²) in [6.45, 7) is 1.14. The summed E-state index contributed by atoms with van der Waals surface area (Å²) >= 11 is 0. The number of carbonyl (C=O) groups is 2. The van der Waals surface area contributed by atoms with Crippen LogP contribution in [0.5, 0.6) is 0 Å². The first-order valence-electron chi connectivity index (χ1n) is 4.30. The maximum absolute atomic E-state index is 10.7. The number of carbonyl (C=O) groups excluding carboxylic acids is 2. The molecule has 2 N–H and O–H groups in total. The fourth-order valence-electron chi connectivity index (χ4n) is 1.41. The third-order valence-corrected chi connectivity index (χ3v) is 2.32. The number of nitrogens with zero attached hydrogens (tertiary/aromatic N) is 1. The van der Waals surface area contributed by atoms with Crippen LogP contribution in [0.3, 0.4) is 0 Å². The SMILES string of the molecule is NC(=O)C1CN(c2ccc(C=O)o2)C1. The minimum atomic E-state index is -0.289. The number of aldehydes is 1. The lowest BCUT2D eigenvalue weighted by molar-refractivity contribution is -0.122. The molecule has 1 aromatic heterocycles. The van der Waals surface area contributed by atoms with Gasteiger partial charge in [-0.3, -0.25) is 9.59 Å². The van der Waals surface area contributed by atoms with E-state index >= 15 is 0 Å². The van der Waals surface area contributed by atoms with Crippen molar-refractivity contribution in [2.75, 3.05) is 18.0 Å². The number of hydrogen-bond acceptors (Lipinski definition) is 4. The lowest BCUT2D eigenvalue weighted by Gasteiger charge is -2.36. The highest BCUT2D eigenvalue weighted by Crippen LogP contribution is 2.25. The summed E-state index contributed by atoms with van der Waals surface area (Å²) in [6, 6.07) is 3.31. The van der Waals surface area contributed by atoms with Gasteiger partial charge in [0.05, 0.1) is 5.92 Å². The maximum atomic E-state index is 10.7. The van der Waals surface area contributed by atoms with Crippen molar-refractivity contribution in [1.82, 2.24) is 0 Å². The van der Waals surface area contributed by atoms with E-state index in [2.05, 4.69) is 0 Å². The monoisotopic (exact) mass is 194 g/mol. The lowest BCUT2D eigenvalue weighted by Crippen LogP contribution is -2.52. The zero-order chi connectivity index (χ0) is 10.1. The largest absolute Gasteiger partial charge is 0.438 e. The first-order valence-corrected chi connectivity index (χ1v) is 4.30. The molecule has 0 unspecified atom stereocenters. The zero-order valence-corrected chi connectivity index (χ0v) is 7.47. The Morgan fingerprint density at radius 2 is 2.29 bits per heavy atom. The Morgan fingerprint density at radius 3 is 2.79 bits per heavy atom. The van der Waals surface area contributed by atoms with E-state index in [0.717, 1.165) is 0 Å². The highest BCUT2D eigenvalue weighted by molar-refractivity contribution is 5.80. The molecule has 0 saturated carbocycles. The fraction of sp³-hybridized carbons (Fsp3) is 0.333. The Morgan fingerprint density at radius 1 is 1.57 bits per heavy atom. The van der Waals surface area contributed by atoms with Crippen LogP contribution in [0.1, 0.15) is 10.6 Å². The molecule has 1 aliphatic heterocycles. The number of amides is 1. The summed E-state index contributed by atoms with van der Waals surface area (Å²) in [5.74, 6) is 0.523. The van der Waals surface area contributed by atoms with E-state index in [1.54, 1.807) is 12.1 Å². The van der Waals surface area contributed by atoms with Crippen molar-refractivity contribution < 1.29 is 14.0 Å². The molecule has 5 heteroatoms. The second kappa shape index (κ2) is 3.17. The summed E-state index contributed by atoms with van der Waals surface area (Å²) in [5, 5.41) is 0. The van der Waals surface area contributed by atoms with Crippen LogP contribution in [0.2, 0.25) is 0 Å². The molecule has 1 amide bonds. The van der Waals surface area contributed by atoms with Gasteiger partial charge in [-0.05, 0) is 6.07 Å². The van der Waals surface area contributed by atoms with Gasteiger partial charge in [-0.15, -0.1) is 0 Å². The van der Waals surface area contributed by atoms with Gasteiger partial charge >= 0.3 is 0 Å². The Balaban J connectivity index is 1.99. The van der Waals surface area contributed by atoms with Crippen molar-refractivity contribution in [3.05, 3.63) is 17.9 Å². The van der Waals surface area contributed by atoms with Crippen molar-refractivity contribution >= 4 is 18.1 Å². The van der Waals surface area contributed by atoms with Gasteiger partial charge in [0.15, 0.2) is 17.9 Å². The summed E-state index contributed by atoms with van der Waals surface area (Å²) in [6.07, 6.45) is 0.648. The number of primary amides is 1. The van der Waals surface area contributed by atoms with Crippen LogP contribution in [-0.2, 0) is 4.79 Å². The van der Waals surface area contributed by atoms with E-state index in [4.69, 9.17) is 10.2 Å². The molecule has 14 heavy (non-hydrogen) atoms. The minimum Gasteiger partial charge on any atom is -0.438 e. The maximum Gasteiger partial charge on any atom is 0.224 e. The smallest absolute Gasteiger partial charge is 0.224 e. The fourth-order valence-corrected chi connectivity index (χ4v) is 1.41. The van der Waals surface area contributed by atoms with Crippen LogP contribution in [0, 0.1) is 5.92 Å². The molecule has 1 aliphatic rings. The van der Waals surface area contributed by atoms with Gasteiger partial charge in [-0.25, -0.2) is 0 Å². The number of anilines is 1. The van der Waals surface area contributed by atoms with Crippen molar-refractivity contribution in [3.63, 3.8) is 0 Å². The van der Waals surface area contributed by atoms with Gasteiger partial charge < -0.3 is 15.1 Å². The zero-order valence-electron chi connectivity index (χ0n) is 7.47. The molecule has 1 aromatic rings. The predicted molar refractivity (Wildman–Crippen MR) is 49.0 cm³/mol. The number of furan rings is 1. The highest BCUT2D eigenvalue weighted by Gasteiger charge is 2.32. The van der Waals surface area contributed by atoms with Gasteiger partial charge in [-0.1, -0.05) is 0 Å². The second-order valence-corrected chi connectivity index (χ2v) is 3.30. The third kappa shape index (κ3) is 1.37. The quantitative estimate of drug-likeness (QED) is 0.688. The number of rotatable bonds is 3. The summed E-state index contributed by atoms with van der Waals surface area (Å²) in [7, 11) is 0. The third-order valence-electron chi connectivity index (χ3n) is 2.32. The van der Waals surface area contributed by atoms with Crippen LogP contribution in [0.15, 0.2) is 16.5 Å². The Hall–Kier alpha value is -1.78. The van der Waals surface area contributed by atoms with Crippen molar-refractivity contribution in [1.29, 1.82) is 0 Å². The van der Waals surface area contributed by atoms with Crippen molar-refractivity contribution in [3.8, 4) is 0 Å². The first kappa shape index (κ1) is 8.80. The molecule has 1 fully saturated rings. The number of nitrogens with two attached hydrogens (primary N) is 1. The van der Waals surface area contributed by atoms with Gasteiger partial charge in [0, 0.05) is 19.2 Å². The average Bonchev–Trinajstić information content (AvgIpc) is 2.49. The predicted octanol–water partition coefficient (Wildman–Crippen LogP) is 0.0136. The van der Waals surface area contributed by atoms with Gasteiger partial charge in [0.25, 0.3) is 0 Å². The molecular formula is C9H10N2O3. The van der Waals surface area contributed by atoms with E-state index in [-0.39, 0.29) is 11.8 Å². The molecule has 2 rings (SSSR count). The van der Waals surface area contributed by atoms with E-state index in [0.29, 0.717) is 31.0 Å². The van der Waals surface area contributed by atoms with E-state index in [9.17, 15) is 9.59 Å². The van der Waals surface area contributed by atoms with E-state index in [1.807, 2.05) is 4.90 Å². The van der Waals surface area contributed by atoms with E-state index < -0.39 is 0 Å². The normalized spacial score (nSPS) is 16.4. The molecule has 1 saturated heterocycles. The molecule has 5 nitrogen and oxygen atoms in total. The van der Waals surface area contributed by atoms with Crippen LogP contribution < -0.4 is 10.6 Å². The lowest BCUT2D eigenvalue weighted by atomic mass is 10.0. The Kier molecular flexibility index (Phi) is 1.99. The van der Waals surface area contributed by atoms with Crippen molar-refractivity contribution in [2.45, 2.75) is 0 Å².